The Balaban J connectivity index is 1.11. The highest BCUT2D eigenvalue weighted by atomic mass is 16.7. The molecular formula is C25H34N4O5. The molecule has 184 valence electrons. The van der Waals surface area contributed by atoms with E-state index in [4.69, 9.17) is 29.2 Å². The van der Waals surface area contributed by atoms with Crippen molar-refractivity contribution in [3.8, 4) is 11.5 Å². The van der Waals surface area contributed by atoms with Crippen molar-refractivity contribution >= 4 is 5.69 Å². The predicted molar refractivity (Wildman–Crippen MR) is 128 cm³/mol. The number of pyridine rings is 1. The number of nitrogens with two attached hydrogens (primary N) is 1. The van der Waals surface area contributed by atoms with E-state index in [1.807, 2.05) is 43.3 Å². The molecule has 0 spiro atoms. The molecular weight excluding hydrogens is 436 g/mol. The second-order valence-corrected chi connectivity index (χ2v) is 7.89. The Morgan fingerprint density at radius 3 is 2.44 bits per heavy atom. The van der Waals surface area contributed by atoms with Crippen molar-refractivity contribution in [2.24, 2.45) is 0 Å². The molecule has 2 aromatic heterocycles. The first-order valence-electron chi connectivity index (χ1n) is 11.6. The maximum atomic E-state index is 5.73. The van der Waals surface area contributed by atoms with Crippen LogP contribution in [0.15, 0.2) is 47.1 Å². The number of aryl methyl sites for hydroxylation is 1. The third-order valence-corrected chi connectivity index (χ3v) is 4.94. The average molecular weight is 471 g/mol. The normalized spacial score (nSPS) is 11.2. The summed E-state index contributed by atoms with van der Waals surface area (Å²) in [5.74, 6) is 0.853. The zero-order valence-corrected chi connectivity index (χ0v) is 19.8. The standard InChI is InChI=1S/C25H34N4O5/c1-20-15-22(26)16-27-24(20)25-28-23(34-29-25)18-31-14-8-13-30-11-6-3-7-12-32-19-33-17-21-9-4-2-5-10-21/h2,4-5,9-10,15-16H,3,6-8,11-14,17-19,26H2,1H3. The largest absolute Gasteiger partial charge is 0.397 e. The number of hydrogen-bond donors (Lipinski definition) is 1. The summed E-state index contributed by atoms with van der Waals surface area (Å²) >= 11 is 0. The highest BCUT2D eigenvalue weighted by Gasteiger charge is 2.12. The van der Waals surface area contributed by atoms with E-state index in [1.165, 1.54) is 0 Å². The molecule has 9 heteroatoms. The summed E-state index contributed by atoms with van der Waals surface area (Å²) in [7, 11) is 0. The number of nitrogens with zero attached hydrogens (tertiary/aromatic N) is 3. The lowest BCUT2D eigenvalue weighted by Gasteiger charge is -2.07. The van der Waals surface area contributed by atoms with E-state index in [9.17, 15) is 0 Å². The zero-order chi connectivity index (χ0) is 23.8. The Kier molecular flexibility index (Phi) is 11.5. The van der Waals surface area contributed by atoms with Gasteiger partial charge in [-0.1, -0.05) is 35.5 Å². The minimum absolute atomic E-state index is 0.260. The van der Waals surface area contributed by atoms with Crippen LogP contribution < -0.4 is 5.73 Å². The minimum atomic E-state index is 0.260. The van der Waals surface area contributed by atoms with Crippen LogP contribution in [0, 0.1) is 6.92 Å². The summed E-state index contributed by atoms with van der Waals surface area (Å²) in [5, 5.41) is 3.96. The number of anilines is 1. The third kappa shape index (κ3) is 9.56. The van der Waals surface area contributed by atoms with Gasteiger partial charge < -0.3 is 29.2 Å². The van der Waals surface area contributed by atoms with Crippen molar-refractivity contribution in [1.82, 2.24) is 15.1 Å². The Morgan fingerprint density at radius 1 is 0.853 bits per heavy atom. The molecule has 9 nitrogen and oxygen atoms in total. The highest BCUT2D eigenvalue weighted by molar-refractivity contribution is 5.57. The molecule has 0 atom stereocenters. The maximum absolute atomic E-state index is 5.73. The molecule has 0 saturated carbocycles. The SMILES string of the molecule is Cc1cc(N)cnc1-c1noc(COCCCOCCCCCOCOCc2ccccc2)n1. The minimum Gasteiger partial charge on any atom is -0.397 e. The van der Waals surface area contributed by atoms with Crippen LogP contribution in [-0.4, -0.2) is 48.3 Å². The van der Waals surface area contributed by atoms with Gasteiger partial charge in [-0.15, -0.1) is 0 Å². The summed E-state index contributed by atoms with van der Waals surface area (Å²) in [6.07, 6.45) is 5.46. The topological polar surface area (TPSA) is 115 Å². The first kappa shape index (κ1) is 25.8. The van der Waals surface area contributed by atoms with Crippen molar-refractivity contribution in [1.29, 1.82) is 0 Å². The quantitative estimate of drug-likeness (QED) is 0.228. The molecule has 2 N–H and O–H groups in total. The Bertz CT molecular complexity index is 951. The highest BCUT2D eigenvalue weighted by Crippen LogP contribution is 2.19. The second kappa shape index (κ2) is 15.1. The summed E-state index contributed by atoms with van der Waals surface area (Å²) in [6.45, 7) is 5.74. The van der Waals surface area contributed by atoms with Crippen LogP contribution in [0.4, 0.5) is 5.69 Å². The number of benzene rings is 1. The smallest absolute Gasteiger partial charge is 0.252 e. The summed E-state index contributed by atoms with van der Waals surface area (Å²) in [4.78, 5) is 8.59. The van der Waals surface area contributed by atoms with Gasteiger partial charge in [0.25, 0.3) is 5.89 Å². The monoisotopic (exact) mass is 470 g/mol. The molecule has 0 unspecified atom stereocenters. The van der Waals surface area contributed by atoms with Gasteiger partial charge in [-0.05, 0) is 49.8 Å². The summed E-state index contributed by atoms with van der Waals surface area (Å²) < 4.78 is 27.5. The molecule has 0 radical (unpaired) electrons. The molecule has 0 saturated heterocycles. The first-order chi connectivity index (χ1) is 16.7. The van der Waals surface area contributed by atoms with Gasteiger partial charge in [0.05, 0.1) is 18.5 Å². The van der Waals surface area contributed by atoms with E-state index in [2.05, 4.69) is 15.1 Å². The van der Waals surface area contributed by atoms with Gasteiger partial charge in [-0.25, -0.2) is 0 Å². The lowest BCUT2D eigenvalue weighted by atomic mass is 10.2. The van der Waals surface area contributed by atoms with E-state index in [0.717, 1.165) is 43.4 Å². The molecule has 1 aromatic carbocycles. The molecule has 0 aliphatic rings. The van der Waals surface area contributed by atoms with E-state index < -0.39 is 0 Å². The van der Waals surface area contributed by atoms with Crippen LogP contribution in [0.1, 0.15) is 42.7 Å². The number of rotatable bonds is 17. The van der Waals surface area contributed by atoms with Crippen LogP contribution in [0.5, 0.6) is 0 Å². The van der Waals surface area contributed by atoms with Gasteiger partial charge in [-0.3, -0.25) is 4.98 Å². The molecule has 2 heterocycles. The summed E-state index contributed by atoms with van der Waals surface area (Å²) in [5.41, 5.74) is 9.03. The fraction of sp³-hybridized carbons (Fsp3) is 0.480. The summed E-state index contributed by atoms with van der Waals surface area (Å²) in [6, 6.07) is 11.9. The van der Waals surface area contributed by atoms with Gasteiger partial charge in [0.15, 0.2) is 0 Å². The molecule has 0 aliphatic heterocycles. The number of hydrogen-bond acceptors (Lipinski definition) is 9. The lowest BCUT2D eigenvalue weighted by molar-refractivity contribution is -0.0625. The number of unbranched alkanes of at least 4 members (excludes halogenated alkanes) is 2. The van der Waals surface area contributed by atoms with Crippen molar-refractivity contribution in [3.05, 3.63) is 59.6 Å². The first-order valence-corrected chi connectivity index (χ1v) is 11.6. The van der Waals surface area contributed by atoms with Gasteiger partial charge in [0, 0.05) is 26.4 Å². The number of ether oxygens (including phenoxy) is 4. The van der Waals surface area contributed by atoms with E-state index in [0.29, 0.717) is 56.3 Å². The molecule has 0 fully saturated rings. The molecule has 0 bridgehead atoms. The maximum Gasteiger partial charge on any atom is 0.252 e. The Morgan fingerprint density at radius 2 is 1.62 bits per heavy atom. The molecule has 0 amide bonds. The van der Waals surface area contributed by atoms with Crippen LogP contribution in [0.25, 0.3) is 11.5 Å². The van der Waals surface area contributed by atoms with Gasteiger partial charge >= 0.3 is 0 Å². The molecule has 3 rings (SSSR count). The average Bonchev–Trinajstić information content (AvgIpc) is 3.31. The fourth-order valence-electron chi connectivity index (χ4n) is 3.20. The van der Waals surface area contributed by atoms with Gasteiger partial charge in [-0.2, -0.15) is 4.98 Å². The molecule has 34 heavy (non-hydrogen) atoms. The van der Waals surface area contributed by atoms with Gasteiger partial charge in [0.2, 0.25) is 5.82 Å². The second-order valence-electron chi connectivity index (χ2n) is 7.89. The fourth-order valence-corrected chi connectivity index (χ4v) is 3.20. The molecule has 0 aliphatic carbocycles. The Labute approximate surface area is 200 Å². The van der Waals surface area contributed by atoms with Crippen LogP contribution >= 0.6 is 0 Å². The number of nitrogen functional groups attached to an aromatic ring is 1. The third-order valence-electron chi connectivity index (χ3n) is 4.94. The predicted octanol–water partition coefficient (Wildman–Crippen LogP) is 4.31. The van der Waals surface area contributed by atoms with E-state index >= 15 is 0 Å². The van der Waals surface area contributed by atoms with Gasteiger partial charge in [0.1, 0.15) is 19.1 Å². The number of aromatic nitrogens is 3. The van der Waals surface area contributed by atoms with Crippen molar-refractivity contribution in [3.63, 3.8) is 0 Å². The van der Waals surface area contributed by atoms with Crippen molar-refractivity contribution in [2.75, 3.05) is 39.0 Å². The van der Waals surface area contributed by atoms with E-state index in [-0.39, 0.29) is 6.61 Å². The lowest BCUT2D eigenvalue weighted by Crippen LogP contribution is -2.04. The van der Waals surface area contributed by atoms with Crippen molar-refractivity contribution < 1.29 is 23.5 Å². The molecule has 3 aromatic rings. The van der Waals surface area contributed by atoms with E-state index in [1.54, 1.807) is 6.20 Å². The van der Waals surface area contributed by atoms with Crippen LogP contribution in [-0.2, 0) is 32.2 Å². The van der Waals surface area contributed by atoms with Crippen LogP contribution in [0.2, 0.25) is 0 Å². The zero-order valence-electron chi connectivity index (χ0n) is 19.8. The van der Waals surface area contributed by atoms with Crippen LogP contribution in [0.3, 0.4) is 0 Å². The van der Waals surface area contributed by atoms with Crippen molar-refractivity contribution in [2.45, 2.75) is 45.8 Å². The Hall–Kier alpha value is -2.85.